The molecule has 0 bridgehead atoms. The Morgan fingerprint density at radius 2 is 1.93 bits per heavy atom. The highest BCUT2D eigenvalue weighted by Crippen LogP contribution is 2.44. The van der Waals surface area contributed by atoms with Crippen molar-refractivity contribution in [1.82, 2.24) is 5.32 Å². The maximum Gasteiger partial charge on any atom is 0.254 e. The summed E-state index contributed by atoms with van der Waals surface area (Å²) in [6.45, 7) is 1.62. The number of hydrogen-bond acceptors (Lipinski definition) is 5. The SMILES string of the molecule is CNC(=O)c1c(NC(=O)C2(C)Sc3ccccc3NC2=O)sc2c1CCCC2. The van der Waals surface area contributed by atoms with E-state index in [4.69, 9.17) is 0 Å². The second-order valence-corrected chi connectivity index (χ2v) is 9.60. The molecule has 1 unspecified atom stereocenters. The fourth-order valence-corrected chi connectivity index (χ4v) is 5.94. The average Bonchev–Trinajstić information content (AvgIpc) is 3.06. The van der Waals surface area contributed by atoms with Gasteiger partial charge < -0.3 is 16.0 Å². The van der Waals surface area contributed by atoms with E-state index in [1.165, 1.54) is 23.1 Å². The summed E-state index contributed by atoms with van der Waals surface area (Å²) < 4.78 is -1.32. The molecule has 3 amide bonds. The molecule has 1 aliphatic heterocycles. The second kappa shape index (κ2) is 7.25. The van der Waals surface area contributed by atoms with Crippen LogP contribution >= 0.6 is 23.1 Å². The zero-order valence-electron chi connectivity index (χ0n) is 15.7. The number of aryl methyl sites for hydroxylation is 1. The van der Waals surface area contributed by atoms with Crippen LogP contribution in [0, 0.1) is 0 Å². The summed E-state index contributed by atoms with van der Waals surface area (Å²) in [5.41, 5.74) is 2.28. The fourth-order valence-electron chi connectivity index (χ4n) is 3.56. The van der Waals surface area contributed by atoms with Gasteiger partial charge >= 0.3 is 0 Å². The molecule has 4 rings (SSSR count). The number of carbonyl (C=O) groups excluding carboxylic acids is 3. The third-order valence-corrected chi connectivity index (χ3v) is 7.73. The Kier molecular flexibility index (Phi) is 4.93. The predicted molar refractivity (Wildman–Crippen MR) is 112 cm³/mol. The summed E-state index contributed by atoms with van der Waals surface area (Å²) in [6.07, 6.45) is 3.87. The minimum absolute atomic E-state index is 0.203. The number of carbonyl (C=O) groups is 3. The van der Waals surface area contributed by atoms with Crippen LogP contribution < -0.4 is 16.0 Å². The molecule has 1 aromatic carbocycles. The smallest absolute Gasteiger partial charge is 0.254 e. The Morgan fingerprint density at radius 1 is 1.18 bits per heavy atom. The Balaban J connectivity index is 1.66. The van der Waals surface area contributed by atoms with E-state index in [2.05, 4.69) is 16.0 Å². The molecule has 8 heteroatoms. The fraction of sp³-hybridized carbons (Fsp3) is 0.350. The zero-order valence-corrected chi connectivity index (χ0v) is 17.3. The van der Waals surface area contributed by atoms with E-state index in [-0.39, 0.29) is 11.8 Å². The van der Waals surface area contributed by atoms with Crippen LogP contribution in [0.25, 0.3) is 0 Å². The Bertz CT molecular complexity index is 985. The van der Waals surface area contributed by atoms with Gasteiger partial charge in [0.05, 0.1) is 11.3 Å². The molecule has 2 aliphatic rings. The Labute approximate surface area is 171 Å². The van der Waals surface area contributed by atoms with Gasteiger partial charge in [0.1, 0.15) is 5.00 Å². The first-order chi connectivity index (χ1) is 13.4. The number of amides is 3. The van der Waals surface area contributed by atoms with Crippen molar-refractivity contribution in [3.63, 3.8) is 0 Å². The lowest BCUT2D eigenvalue weighted by Crippen LogP contribution is -2.49. The molecule has 3 N–H and O–H groups in total. The average molecular weight is 416 g/mol. The highest BCUT2D eigenvalue weighted by Gasteiger charge is 2.46. The quantitative estimate of drug-likeness (QED) is 0.671. The third kappa shape index (κ3) is 3.10. The molecule has 0 saturated carbocycles. The summed E-state index contributed by atoms with van der Waals surface area (Å²) >= 11 is 2.68. The number of thiophene rings is 1. The van der Waals surface area contributed by atoms with Crippen LogP contribution in [0.5, 0.6) is 0 Å². The van der Waals surface area contributed by atoms with Gasteiger partial charge in [-0.15, -0.1) is 11.3 Å². The van der Waals surface area contributed by atoms with E-state index < -0.39 is 10.7 Å². The van der Waals surface area contributed by atoms with E-state index >= 15 is 0 Å². The minimum atomic E-state index is -1.32. The summed E-state index contributed by atoms with van der Waals surface area (Å²) in [6, 6.07) is 7.41. The molecular weight excluding hydrogens is 394 g/mol. The van der Waals surface area contributed by atoms with Crippen LogP contribution in [0.4, 0.5) is 10.7 Å². The normalized spacial score (nSPS) is 20.6. The number of para-hydroxylation sites is 1. The first kappa shape index (κ1) is 19.0. The minimum Gasteiger partial charge on any atom is -0.355 e. The first-order valence-corrected chi connectivity index (χ1v) is 10.8. The highest BCUT2D eigenvalue weighted by molar-refractivity contribution is 8.02. The van der Waals surface area contributed by atoms with Gasteiger partial charge in [-0.2, -0.15) is 0 Å². The molecule has 2 heterocycles. The standard InChI is InChI=1S/C20H21N3O3S2/c1-20(18(25)22-12-8-4-6-10-14(12)28-20)19(26)23-17-15(16(24)21-2)11-7-3-5-9-13(11)27-17/h4,6,8,10H,3,5,7,9H2,1-2H3,(H,21,24)(H,22,25)(H,23,26). The van der Waals surface area contributed by atoms with Crippen molar-refractivity contribution in [2.75, 3.05) is 17.7 Å². The van der Waals surface area contributed by atoms with Gasteiger partial charge in [0, 0.05) is 16.8 Å². The molecule has 0 spiro atoms. The van der Waals surface area contributed by atoms with Crippen molar-refractivity contribution < 1.29 is 14.4 Å². The van der Waals surface area contributed by atoms with Gasteiger partial charge in [-0.1, -0.05) is 23.9 Å². The highest BCUT2D eigenvalue weighted by atomic mass is 32.2. The maximum absolute atomic E-state index is 13.2. The molecule has 0 saturated heterocycles. The van der Waals surface area contributed by atoms with Crippen LogP contribution in [0.3, 0.4) is 0 Å². The topological polar surface area (TPSA) is 87.3 Å². The number of anilines is 2. The van der Waals surface area contributed by atoms with E-state index in [1.807, 2.05) is 24.3 Å². The summed E-state index contributed by atoms with van der Waals surface area (Å²) in [4.78, 5) is 40.4. The van der Waals surface area contributed by atoms with Gasteiger partial charge in [-0.3, -0.25) is 14.4 Å². The lowest BCUT2D eigenvalue weighted by atomic mass is 9.95. The number of benzene rings is 1. The first-order valence-electron chi connectivity index (χ1n) is 9.21. The number of nitrogens with one attached hydrogen (secondary N) is 3. The van der Waals surface area contributed by atoms with E-state index in [1.54, 1.807) is 14.0 Å². The van der Waals surface area contributed by atoms with Crippen molar-refractivity contribution in [3.8, 4) is 0 Å². The van der Waals surface area contributed by atoms with Gasteiger partial charge in [-0.05, 0) is 50.3 Å². The molecule has 0 radical (unpaired) electrons. The van der Waals surface area contributed by atoms with Crippen LogP contribution in [-0.2, 0) is 22.4 Å². The lowest BCUT2D eigenvalue weighted by molar-refractivity contribution is -0.126. The molecule has 2 aromatic rings. The number of thioether (sulfide) groups is 1. The van der Waals surface area contributed by atoms with Crippen molar-refractivity contribution in [2.24, 2.45) is 0 Å². The molecule has 1 atom stereocenters. The van der Waals surface area contributed by atoms with Gasteiger partial charge in [0.2, 0.25) is 5.91 Å². The van der Waals surface area contributed by atoms with Crippen LogP contribution in [0.1, 0.15) is 40.6 Å². The van der Waals surface area contributed by atoms with Crippen LogP contribution in [-0.4, -0.2) is 29.5 Å². The monoisotopic (exact) mass is 415 g/mol. The van der Waals surface area contributed by atoms with Crippen molar-refractivity contribution in [2.45, 2.75) is 42.2 Å². The molecule has 6 nitrogen and oxygen atoms in total. The molecule has 146 valence electrons. The van der Waals surface area contributed by atoms with E-state index in [9.17, 15) is 14.4 Å². The summed E-state index contributed by atoms with van der Waals surface area (Å²) in [5.74, 6) is -0.990. The van der Waals surface area contributed by atoms with Crippen LogP contribution in [0.2, 0.25) is 0 Å². The summed E-state index contributed by atoms with van der Waals surface area (Å²) in [5, 5.41) is 8.92. The van der Waals surface area contributed by atoms with Gasteiger partial charge in [-0.25, -0.2) is 0 Å². The summed E-state index contributed by atoms with van der Waals surface area (Å²) in [7, 11) is 1.59. The number of rotatable bonds is 3. The van der Waals surface area contributed by atoms with Crippen molar-refractivity contribution >= 4 is 51.5 Å². The predicted octanol–water partition coefficient (Wildman–Crippen LogP) is 3.43. The van der Waals surface area contributed by atoms with Gasteiger partial charge in [0.15, 0.2) is 4.75 Å². The van der Waals surface area contributed by atoms with Gasteiger partial charge in [0.25, 0.3) is 11.8 Å². The molecule has 0 fully saturated rings. The number of fused-ring (bicyclic) bond motifs is 2. The maximum atomic E-state index is 13.2. The third-order valence-electron chi connectivity index (χ3n) is 5.17. The Morgan fingerprint density at radius 3 is 2.71 bits per heavy atom. The van der Waals surface area contributed by atoms with E-state index in [0.29, 0.717) is 16.3 Å². The Hall–Kier alpha value is -2.32. The van der Waals surface area contributed by atoms with E-state index in [0.717, 1.165) is 41.0 Å². The lowest BCUT2D eigenvalue weighted by Gasteiger charge is -2.31. The largest absolute Gasteiger partial charge is 0.355 e. The molecular formula is C20H21N3O3S2. The zero-order chi connectivity index (χ0) is 19.9. The molecule has 1 aliphatic carbocycles. The number of hydrogen-bond donors (Lipinski definition) is 3. The van der Waals surface area contributed by atoms with Crippen molar-refractivity contribution in [1.29, 1.82) is 0 Å². The molecule has 28 heavy (non-hydrogen) atoms. The second-order valence-electron chi connectivity index (χ2n) is 7.03. The van der Waals surface area contributed by atoms with Crippen LogP contribution in [0.15, 0.2) is 29.2 Å². The van der Waals surface area contributed by atoms with Crippen molar-refractivity contribution in [3.05, 3.63) is 40.3 Å². The molecule has 1 aromatic heterocycles.